The number of methoxy groups -OCH3 is 2. The Kier molecular flexibility index (Phi) is 6.05. The predicted octanol–water partition coefficient (Wildman–Crippen LogP) is 6.01. The number of benzene rings is 2. The van der Waals surface area contributed by atoms with Gasteiger partial charge in [-0.15, -0.1) is 0 Å². The summed E-state index contributed by atoms with van der Waals surface area (Å²) < 4.78 is 12.9. The molecule has 2 aromatic heterocycles. The van der Waals surface area contributed by atoms with Crippen molar-refractivity contribution < 1.29 is 19.1 Å². The van der Waals surface area contributed by atoms with E-state index < -0.39 is 17.4 Å². The molecule has 1 N–H and O–H groups in total. The second-order valence-electron chi connectivity index (χ2n) is 9.95. The number of imidazole rings is 1. The minimum Gasteiger partial charge on any atom is -0.494 e. The standard InChI is InChI=1S/C29H25Cl2N5O4/c1-14(2)35-25-24(34-26(35)18-12-23(40-5)32-13-22(18)39-4)27(37)36(21-11-17(31)7-6-15(21)3)29(25)19-9-8-16(30)10-20(19)33-28(29)38/h6-14H,1-5H3,(H,33,38)/t29-/m1/s1. The molecule has 0 saturated carbocycles. The van der Waals surface area contributed by atoms with E-state index in [9.17, 15) is 9.59 Å². The number of nitrogens with zero attached hydrogens (tertiary/aromatic N) is 4. The van der Waals surface area contributed by atoms with Gasteiger partial charge in [0.15, 0.2) is 11.2 Å². The molecule has 0 saturated heterocycles. The number of hydrogen-bond donors (Lipinski definition) is 1. The van der Waals surface area contributed by atoms with Gasteiger partial charge in [0, 0.05) is 33.4 Å². The quantitative estimate of drug-likeness (QED) is 0.311. The molecule has 6 rings (SSSR count). The zero-order valence-corrected chi connectivity index (χ0v) is 23.9. The summed E-state index contributed by atoms with van der Waals surface area (Å²) in [6.07, 6.45) is 1.54. The zero-order chi connectivity index (χ0) is 28.5. The summed E-state index contributed by atoms with van der Waals surface area (Å²) >= 11 is 12.7. The minimum absolute atomic E-state index is 0.152. The average Bonchev–Trinajstić information content (AvgIpc) is 3.53. The SMILES string of the molecule is COc1cc(-c2nc3c(n2C(C)C)[C@]2(C(=O)Nc4cc(Cl)ccc42)N(c2cc(Cl)ccc2C)C3=O)c(OC)cn1. The lowest BCUT2D eigenvalue weighted by atomic mass is 9.86. The van der Waals surface area contributed by atoms with Crippen LogP contribution >= 0.6 is 23.2 Å². The van der Waals surface area contributed by atoms with Gasteiger partial charge < -0.3 is 19.4 Å². The maximum absolute atomic E-state index is 14.5. The molecule has 2 aromatic carbocycles. The molecule has 4 heterocycles. The van der Waals surface area contributed by atoms with Gasteiger partial charge in [-0.05, 0) is 50.6 Å². The van der Waals surface area contributed by atoms with Crippen LogP contribution in [0, 0.1) is 6.92 Å². The zero-order valence-electron chi connectivity index (χ0n) is 22.4. The first-order valence-electron chi connectivity index (χ1n) is 12.6. The van der Waals surface area contributed by atoms with E-state index in [1.165, 1.54) is 25.3 Å². The number of aryl methyl sites for hydroxylation is 1. The Bertz CT molecular complexity index is 1730. The first-order chi connectivity index (χ1) is 19.1. The third-order valence-electron chi connectivity index (χ3n) is 7.38. The van der Waals surface area contributed by atoms with Gasteiger partial charge in [0.25, 0.3) is 11.8 Å². The highest BCUT2D eigenvalue weighted by molar-refractivity contribution is 6.32. The fourth-order valence-corrected chi connectivity index (χ4v) is 6.04. The molecule has 2 aliphatic rings. The first kappa shape index (κ1) is 26.2. The number of carbonyl (C=O) groups excluding carboxylic acids is 2. The smallest absolute Gasteiger partial charge is 0.280 e. The van der Waals surface area contributed by atoms with E-state index in [-0.39, 0.29) is 11.7 Å². The first-order valence-corrected chi connectivity index (χ1v) is 13.3. The number of nitrogens with one attached hydrogen (secondary N) is 1. The summed E-state index contributed by atoms with van der Waals surface area (Å²) in [5, 5.41) is 3.87. The largest absolute Gasteiger partial charge is 0.494 e. The molecule has 1 spiro atoms. The van der Waals surface area contributed by atoms with Crippen molar-refractivity contribution in [1.29, 1.82) is 0 Å². The lowest BCUT2D eigenvalue weighted by molar-refractivity contribution is -0.119. The number of hydrogen-bond acceptors (Lipinski definition) is 6. The van der Waals surface area contributed by atoms with E-state index in [0.29, 0.717) is 55.7 Å². The number of anilines is 2. The van der Waals surface area contributed by atoms with Crippen molar-refractivity contribution in [2.45, 2.75) is 32.4 Å². The molecule has 9 nitrogen and oxygen atoms in total. The van der Waals surface area contributed by atoms with E-state index in [0.717, 1.165) is 5.56 Å². The fourth-order valence-electron chi connectivity index (χ4n) is 5.70. The van der Waals surface area contributed by atoms with Crippen molar-refractivity contribution in [2.75, 3.05) is 24.4 Å². The van der Waals surface area contributed by atoms with Gasteiger partial charge in [-0.2, -0.15) is 0 Å². The number of halogens is 2. The maximum Gasteiger partial charge on any atom is 0.280 e. The maximum atomic E-state index is 14.5. The van der Waals surface area contributed by atoms with Crippen molar-refractivity contribution in [3.05, 3.63) is 81.2 Å². The Hall–Kier alpha value is -4.08. The number of carbonyl (C=O) groups is 2. The van der Waals surface area contributed by atoms with E-state index in [1.807, 2.05) is 31.4 Å². The van der Waals surface area contributed by atoms with Crippen LogP contribution in [0.3, 0.4) is 0 Å². The van der Waals surface area contributed by atoms with Crippen LogP contribution in [0.1, 0.15) is 47.2 Å². The molecule has 0 fully saturated rings. The Morgan fingerprint density at radius 2 is 1.73 bits per heavy atom. The van der Waals surface area contributed by atoms with Crippen LogP contribution in [0.2, 0.25) is 10.0 Å². The number of rotatable bonds is 5. The van der Waals surface area contributed by atoms with Gasteiger partial charge in [-0.3, -0.25) is 14.5 Å². The lowest BCUT2D eigenvalue weighted by Crippen LogP contribution is -2.51. The highest BCUT2D eigenvalue weighted by atomic mass is 35.5. The molecule has 2 amide bonds. The molecule has 1 atom stereocenters. The van der Waals surface area contributed by atoms with Crippen LogP contribution in [-0.4, -0.2) is 40.6 Å². The van der Waals surface area contributed by atoms with E-state index in [1.54, 1.807) is 36.4 Å². The normalized spacial score (nSPS) is 17.4. The van der Waals surface area contributed by atoms with E-state index in [4.69, 9.17) is 37.7 Å². The van der Waals surface area contributed by atoms with Crippen LogP contribution in [0.5, 0.6) is 11.6 Å². The number of aromatic nitrogens is 3. The third kappa shape index (κ3) is 3.47. The molecule has 11 heteroatoms. The second kappa shape index (κ2) is 9.25. The van der Waals surface area contributed by atoms with Crippen LogP contribution < -0.4 is 19.7 Å². The molecule has 0 aliphatic carbocycles. The molecule has 2 aliphatic heterocycles. The summed E-state index contributed by atoms with van der Waals surface area (Å²) in [4.78, 5) is 39.4. The molecule has 4 aromatic rings. The van der Waals surface area contributed by atoms with Gasteiger partial charge >= 0.3 is 0 Å². The van der Waals surface area contributed by atoms with Crippen molar-refractivity contribution in [3.8, 4) is 23.0 Å². The summed E-state index contributed by atoms with van der Waals surface area (Å²) in [5.41, 5.74) is 1.97. The molecule has 0 bridgehead atoms. The summed E-state index contributed by atoms with van der Waals surface area (Å²) in [5.74, 6) is 0.411. The number of amides is 2. The monoisotopic (exact) mass is 577 g/mol. The Balaban J connectivity index is 1.74. The van der Waals surface area contributed by atoms with Gasteiger partial charge in [-0.25, -0.2) is 9.97 Å². The van der Waals surface area contributed by atoms with Crippen LogP contribution in [0.4, 0.5) is 11.4 Å². The van der Waals surface area contributed by atoms with Gasteiger partial charge in [0.2, 0.25) is 5.88 Å². The molecule has 0 unspecified atom stereocenters. The van der Waals surface area contributed by atoms with Crippen molar-refractivity contribution in [1.82, 2.24) is 14.5 Å². The van der Waals surface area contributed by atoms with Gasteiger partial charge in [0.05, 0.1) is 37.4 Å². The number of fused-ring (bicyclic) bond motifs is 4. The molecular formula is C29H25Cl2N5O4. The predicted molar refractivity (Wildman–Crippen MR) is 153 cm³/mol. The Morgan fingerprint density at radius 1 is 1.00 bits per heavy atom. The van der Waals surface area contributed by atoms with E-state index >= 15 is 0 Å². The van der Waals surface area contributed by atoms with Crippen LogP contribution in [-0.2, 0) is 10.3 Å². The van der Waals surface area contributed by atoms with Gasteiger partial charge in [0.1, 0.15) is 11.6 Å². The topological polar surface area (TPSA) is 98.6 Å². The van der Waals surface area contributed by atoms with Crippen molar-refractivity contribution in [2.24, 2.45) is 0 Å². The highest BCUT2D eigenvalue weighted by Gasteiger charge is 2.64. The Labute approximate surface area is 240 Å². The van der Waals surface area contributed by atoms with Crippen molar-refractivity contribution >= 4 is 46.4 Å². The second-order valence-corrected chi connectivity index (χ2v) is 10.8. The number of ether oxygens (including phenoxy) is 2. The molecule has 0 radical (unpaired) electrons. The van der Waals surface area contributed by atoms with E-state index in [2.05, 4.69) is 10.3 Å². The van der Waals surface area contributed by atoms with Crippen LogP contribution in [0.25, 0.3) is 11.4 Å². The summed E-state index contributed by atoms with van der Waals surface area (Å²) in [6.45, 7) is 5.81. The van der Waals surface area contributed by atoms with Crippen molar-refractivity contribution in [3.63, 3.8) is 0 Å². The summed E-state index contributed by atoms with van der Waals surface area (Å²) in [6, 6.07) is 11.9. The lowest BCUT2D eigenvalue weighted by Gasteiger charge is -2.36. The average molecular weight is 578 g/mol. The van der Waals surface area contributed by atoms with Crippen LogP contribution in [0.15, 0.2) is 48.7 Å². The molecule has 204 valence electrons. The highest BCUT2D eigenvalue weighted by Crippen LogP contribution is 2.55. The third-order valence-corrected chi connectivity index (χ3v) is 7.85. The molecule has 40 heavy (non-hydrogen) atoms. The number of pyridine rings is 1. The fraction of sp³-hybridized carbons (Fsp3) is 0.241. The minimum atomic E-state index is -1.58. The molecular weight excluding hydrogens is 553 g/mol. The summed E-state index contributed by atoms with van der Waals surface area (Å²) in [7, 11) is 3.05. The Morgan fingerprint density at radius 3 is 2.42 bits per heavy atom. The van der Waals surface area contributed by atoms with Gasteiger partial charge in [-0.1, -0.05) is 35.3 Å².